The molecule has 0 bridgehead atoms. The highest BCUT2D eigenvalue weighted by atomic mass is 16.5. The largest absolute Gasteiger partial charge is 0.544 e. The van der Waals surface area contributed by atoms with Crippen LogP contribution in [0.15, 0.2) is 42.5 Å². The van der Waals surface area contributed by atoms with Crippen LogP contribution in [0.5, 0.6) is 0 Å². The molecule has 2 rings (SSSR count). The maximum Gasteiger partial charge on any atom is 0.230 e. The quantitative estimate of drug-likeness (QED) is 0.642. The smallest absolute Gasteiger partial charge is 0.230 e. The van der Waals surface area contributed by atoms with Gasteiger partial charge in [-0.25, -0.2) is 0 Å². The van der Waals surface area contributed by atoms with Gasteiger partial charge in [0.2, 0.25) is 5.91 Å². The van der Waals surface area contributed by atoms with Gasteiger partial charge in [0.05, 0.1) is 25.5 Å². The summed E-state index contributed by atoms with van der Waals surface area (Å²) in [6.45, 7) is 0.870. The van der Waals surface area contributed by atoms with E-state index < -0.39 is 12.0 Å². The Kier molecular flexibility index (Phi) is 6.08. The van der Waals surface area contributed by atoms with E-state index in [-0.39, 0.29) is 12.3 Å². The average Bonchev–Trinajstić information content (AvgIpc) is 2.54. The van der Waals surface area contributed by atoms with E-state index in [1.165, 1.54) is 7.11 Å². The third-order valence-corrected chi connectivity index (χ3v) is 3.51. The van der Waals surface area contributed by atoms with E-state index in [1.807, 2.05) is 36.4 Å². The molecule has 0 fully saturated rings. The van der Waals surface area contributed by atoms with Gasteiger partial charge >= 0.3 is 0 Å². The van der Waals surface area contributed by atoms with Crippen molar-refractivity contribution in [3.05, 3.63) is 42.5 Å². The minimum absolute atomic E-state index is 0.154. The molecule has 3 N–H and O–H groups in total. The van der Waals surface area contributed by atoms with Crippen molar-refractivity contribution in [3.8, 4) is 0 Å². The van der Waals surface area contributed by atoms with E-state index in [9.17, 15) is 14.7 Å². The summed E-state index contributed by atoms with van der Waals surface area (Å²) in [5.74, 6) is -1.61. The molecular weight excluding hydrogens is 296 g/mol. The molecule has 0 unspecified atom stereocenters. The molecule has 0 aromatic heterocycles. The van der Waals surface area contributed by atoms with Crippen LogP contribution in [0, 0.1) is 0 Å². The molecule has 6 heteroatoms. The first-order chi connectivity index (χ1) is 11.1. The maximum atomic E-state index is 12.0. The van der Waals surface area contributed by atoms with Crippen LogP contribution in [-0.4, -0.2) is 38.2 Å². The Morgan fingerprint density at radius 1 is 1.22 bits per heavy atom. The first-order valence-electron chi connectivity index (χ1n) is 7.42. The van der Waals surface area contributed by atoms with Crippen molar-refractivity contribution in [2.24, 2.45) is 0 Å². The zero-order valence-corrected chi connectivity index (χ0v) is 13.0. The number of benzene rings is 2. The second-order valence-electron chi connectivity index (χ2n) is 5.26. The number of nitrogens with one attached hydrogen (secondary N) is 1. The fraction of sp³-hybridized carbons (Fsp3) is 0.294. The van der Waals surface area contributed by atoms with Crippen molar-refractivity contribution in [1.29, 1.82) is 0 Å². The van der Waals surface area contributed by atoms with Crippen LogP contribution in [0.25, 0.3) is 10.8 Å². The van der Waals surface area contributed by atoms with E-state index in [0.717, 1.165) is 10.8 Å². The van der Waals surface area contributed by atoms with Crippen molar-refractivity contribution in [2.45, 2.75) is 12.5 Å². The number of amides is 1. The summed E-state index contributed by atoms with van der Waals surface area (Å²) in [6.07, 6.45) is -0.154. The van der Waals surface area contributed by atoms with Crippen LogP contribution in [0.3, 0.4) is 0 Å². The number of quaternary nitrogens is 1. The highest BCUT2D eigenvalue weighted by Gasteiger charge is 2.18. The van der Waals surface area contributed by atoms with Crippen molar-refractivity contribution in [3.63, 3.8) is 0 Å². The van der Waals surface area contributed by atoms with Crippen LogP contribution in [0.1, 0.15) is 6.42 Å². The molecule has 23 heavy (non-hydrogen) atoms. The van der Waals surface area contributed by atoms with E-state index in [0.29, 0.717) is 18.8 Å². The van der Waals surface area contributed by atoms with Gasteiger partial charge in [0.1, 0.15) is 6.04 Å². The Morgan fingerprint density at radius 2 is 1.96 bits per heavy atom. The third-order valence-electron chi connectivity index (χ3n) is 3.51. The Balaban J connectivity index is 1.97. The van der Waals surface area contributed by atoms with Crippen LogP contribution >= 0.6 is 0 Å². The van der Waals surface area contributed by atoms with Crippen molar-refractivity contribution in [2.75, 3.05) is 25.6 Å². The summed E-state index contributed by atoms with van der Waals surface area (Å²) in [5, 5.41) is 17.4. The Morgan fingerprint density at radius 3 is 2.65 bits per heavy atom. The van der Waals surface area contributed by atoms with Gasteiger partial charge in [-0.2, -0.15) is 0 Å². The third kappa shape index (κ3) is 5.05. The predicted octanol–water partition coefficient (Wildman–Crippen LogP) is -0.503. The van der Waals surface area contributed by atoms with Gasteiger partial charge in [0.25, 0.3) is 0 Å². The predicted molar refractivity (Wildman–Crippen MR) is 84.7 cm³/mol. The summed E-state index contributed by atoms with van der Waals surface area (Å²) in [6, 6.07) is 12.4. The SMILES string of the molecule is COCC[NH2+][C@H](CC(=O)Nc1ccc2ccccc2c1)C(=O)[O-]. The maximum absolute atomic E-state index is 12.0. The number of fused-ring (bicyclic) bond motifs is 1. The summed E-state index contributed by atoms with van der Waals surface area (Å²) in [5.41, 5.74) is 0.641. The molecular formula is C17H20N2O4. The van der Waals surface area contributed by atoms with Crippen molar-refractivity contribution < 1.29 is 24.7 Å². The average molecular weight is 316 g/mol. The number of carboxylic acids is 1. The van der Waals surface area contributed by atoms with Crippen LogP contribution in [-0.2, 0) is 14.3 Å². The highest BCUT2D eigenvalue weighted by Crippen LogP contribution is 2.18. The number of hydrogen-bond acceptors (Lipinski definition) is 4. The molecule has 0 heterocycles. The summed E-state index contributed by atoms with van der Waals surface area (Å²) in [4.78, 5) is 23.1. The molecule has 6 nitrogen and oxygen atoms in total. The lowest BCUT2D eigenvalue weighted by Crippen LogP contribution is -2.94. The Bertz CT molecular complexity index is 687. The van der Waals surface area contributed by atoms with Crippen LogP contribution in [0.4, 0.5) is 5.69 Å². The molecule has 0 spiro atoms. The second kappa shape index (κ2) is 8.26. The number of ether oxygens (including phenoxy) is 1. The number of carboxylic acid groups (broad SMARTS) is 1. The summed E-state index contributed by atoms with van der Waals surface area (Å²) < 4.78 is 4.87. The lowest BCUT2D eigenvalue weighted by molar-refractivity contribution is -0.683. The lowest BCUT2D eigenvalue weighted by Gasteiger charge is -2.16. The number of carbonyl (C=O) groups is 2. The molecule has 122 valence electrons. The van der Waals surface area contributed by atoms with Crippen molar-refractivity contribution >= 4 is 28.3 Å². The number of methoxy groups -OCH3 is 1. The van der Waals surface area contributed by atoms with Crippen molar-refractivity contribution in [1.82, 2.24) is 0 Å². The molecule has 0 aliphatic carbocycles. The number of hydrogen-bond donors (Lipinski definition) is 2. The zero-order valence-electron chi connectivity index (χ0n) is 13.0. The summed E-state index contributed by atoms with van der Waals surface area (Å²) in [7, 11) is 1.54. The fourth-order valence-electron chi connectivity index (χ4n) is 2.33. The molecule has 0 saturated heterocycles. The highest BCUT2D eigenvalue weighted by molar-refractivity contribution is 5.96. The van der Waals surface area contributed by atoms with Gasteiger partial charge in [0.15, 0.2) is 0 Å². The molecule has 1 amide bonds. The van der Waals surface area contributed by atoms with E-state index in [2.05, 4.69) is 5.32 Å². The van der Waals surface area contributed by atoms with E-state index >= 15 is 0 Å². The van der Waals surface area contributed by atoms with Gasteiger partial charge < -0.3 is 25.3 Å². The van der Waals surface area contributed by atoms with E-state index in [1.54, 1.807) is 11.4 Å². The van der Waals surface area contributed by atoms with Gasteiger partial charge in [-0.3, -0.25) is 4.79 Å². The Hall–Kier alpha value is -2.44. The standard InChI is InChI=1S/C17H20N2O4/c1-23-9-8-18-15(17(21)22)11-16(20)19-14-7-6-12-4-2-3-5-13(12)10-14/h2-7,10,15,18H,8-9,11H2,1H3,(H,19,20)(H,21,22)/t15-/m1/s1. The molecule has 2 aromatic rings. The molecule has 0 aliphatic heterocycles. The minimum atomic E-state index is -1.25. The number of carbonyl (C=O) groups excluding carboxylic acids is 2. The van der Waals surface area contributed by atoms with Gasteiger partial charge in [-0.05, 0) is 22.9 Å². The van der Waals surface area contributed by atoms with E-state index in [4.69, 9.17) is 4.74 Å². The molecule has 0 saturated carbocycles. The molecule has 2 aromatic carbocycles. The fourth-order valence-corrected chi connectivity index (χ4v) is 2.33. The minimum Gasteiger partial charge on any atom is -0.544 e. The topological polar surface area (TPSA) is 95.1 Å². The van der Waals surface area contributed by atoms with Gasteiger partial charge in [0, 0.05) is 12.8 Å². The first-order valence-corrected chi connectivity index (χ1v) is 7.42. The molecule has 0 aliphatic rings. The monoisotopic (exact) mass is 316 g/mol. The summed E-state index contributed by atoms with van der Waals surface area (Å²) >= 11 is 0. The van der Waals surface area contributed by atoms with Crippen LogP contribution in [0.2, 0.25) is 0 Å². The second-order valence-corrected chi connectivity index (χ2v) is 5.26. The zero-order chi connectivity index (χ0) is 16.7. The van der Waals surface area contributed by atoms with Gasteiger partial charge in [-0.1, -0.05) is 30.3 Å². The number of aliphatic carboxylic acids is 1. The van der Waals surface area contributed by atoms with Crippen LogP contribution < -0.4 is 15.7 Å². The Labute approximate surface area is 134 Å². The molecule has 1 atom stereocenters. The first kappa shape index (κ1) is 16.9. The molecule has 0 radical (unpaired) electrons. The normalized spacial score (nSPS) is 12.0. The van der Waals surface area contributed by atoms with Gasteiger partial charge in [-0.15, -0.1) is 0 Å². The lowest BCUT2D eigenvalue weighted by atomic mass is 10.1. The number of anilines is 1. The number of rotatable bonds is 8. The number of nitrogens with two attached hydrogens (primary N) is 1.